The Hall–Kier alpha value is 0.864. The summed E-state index contributed by atoms with van der Waals surface area (Å²) in [6.07, 6.45) is 9.35. The first kappa shape index (κ1) is 24.1. The summed E-state index contributed by atoms with van der Waals surface area (Å²) >= 11 is 0. The van der Waals surface area contributed by atoms with Crippen LogP contribution in [0, 0.1) is 11.8 Å². The van der Waals surface area contributed by atoms with Gasteiger partial charge in [-0.05, 0) is 24.7 Å². The van der Waals surface area contributed by atoms with Gasteiger partial charge in [-0.15, -0.1) is 0 Å². The smallest absolute Gasteiger partial charge is 0.310 e. The molecule has 122 valence electrons. The van der Waals surface area contributed by atoms with Crippen molar-refractivity contribution < 1.29 is 35.3 Å². The van der Waals surface area contributed by atoms with Crippen LogP contribution < -0.4 is 0 Å². The van der Waals surface area contributed by atoms with Crippen molar-refractivity contribution in [3.8, 4) is 0 Å². The van der Waals surface area contributed by atoms with E-state index in [1.807, 2.05) is 0 Å². The third-order valence-corrected chi connectivity index (χ3v) is 4.77. The minimum atomic E-state index is -2.30. The second-order valence-electron chi connectivity index (χ2n) is 5.71. The molecule has 2 unspecified atom stereocenters. The molecule has 0 aromatic rings. The van der Waals surface area contributed by atoms with Gasteiger partial charge in [-0.1, -0.05) is 66.2 Å². The molecule has 0 aliphatic rings. The molecule has 0 N–H and O–H groups in total. The van der Waals surface area contributed by atoms with Crippen LogP contribution in [0.4, 0.5) is 0 Å². The van der Waals surface area contributed by atoms with Gasteiger partial charge in [-0.2, -0.15) is 0 Å². The Labute approximate surface area is 147 Å². The first-order valence-corrected chi connectivity index (χ1v) is 9.69. The molecule has 2 atom stereocenters. The third-order valence-electron chi connectivity index (χ3n) is 3.96. The SMILES string of the molecule is CCCCC(CC)CO[PH](=O)OCC(CC)CCCC.[Ti+4]. The maximum atomic E-state index is 11.8. The summed E-state index contributed by atoms with van der Waals surface area (Å²) in [5.74, 6) is 1.05. The Balaban J connectivity index is 0. The molecule has 0 radical (unpaired) electrons. The van der Waals surface area contributed by atoms with Gasteiger partial charge in [0.1, 0.15) is 0 Å². The summed E-state index contributed by atoms with van der Waals surface area (Å²) < 4.78 is 22.6. The molecule has 3 nitrogen and oxygen atoms in total. The molecule has 0 aromatic heterocycles. The predicted molar refractivity (Wildman–Crippen MR) is 87.5 cm³/mol. The monoisotopic (exact) mass is 354 g/mol. The molecule has 21 heavy (non-hydrogen) atoms. The molecule has 0 bridgehead atoms. The molecule has 0 saturated carbocycles. The molecule has 0 spiro atoms. The van der Waals surface area contributed by atoms with Crippen LogP contribution in [0.5, 0.6) is 0 Å². The summed E-state index contributed by atoms with van der Waals surface area (Å²) in [5.41, 5.74) is 0. The van der Waals surface area contributed by atoms with Crippen molar-refractivity contribution in [1.82, 2.24) is 0 Å². The van der Waals surface area contributed by atoms with Gasteiger partial charge in [-0.25, -0.2) is 0 Å². The van der Waals surface area contributed by atoms with Crippen molar-refractivity contribution in [1.29, 1.82) is 0 Å². The molecule has 0 aliphatic carbocycles. The average Bonchev–Trinajstić information content (AvgIpc) is 2.47. The van der Waals surface area contributed by atoms with E-state index in [2.05, 4.69) is 27.7 Å². The van der Waals surface area contributed by atoms with Crippen molar-refractivity contribution in [3.63, 3.8) is 0 Å². The van der Waals surface area contributed by atoms with Crippen LogP contribution in [0.15, 0.2) is 0 Å². The van der Waals surface area contributed by atoms with Crippen LogP contribution >= 0.6 is 8.25 Å². The van der Waals surface area contributed by atoms with Crippen molar-refractivity contribution in [2.75, 3.05) is 13.2 Å². The fourth-order valence-corrected chi connectivity index (χ4v) is 3.04. The van der Waals surface area contributed by atoms with Crippen molar-refractivity contribution in [2.24, 2.45) is 11.8 Å². The minimum absolute atomic E-state index is 0. The molecule has 0 amide bonds. The van der Waals surface area contributed by atoms with E-state index in [0.29, 0.717) is 25.0 Å². The van der Waals surface area contributed by atoms with E-state index in [0.717, 1.165) is 25.7 Å². The maximum Gasteiger partial charge on any atom is 4.00 e. The van der Waals surface area contributed by atoms with Crippen LogP contribution in [-0.2, 0) is 35.3 Å². The second kappa shape index (κ2) is 17.2. The number of hydrogen-bond acceptors (Lipinski definition) is 3. The Bertz CT molecular complexity index is 218. The van der Waals surface area contributed by atoms with Crippen molar-refractivity contribution >= 4 is 8.25 Å². The Kier molecular flexibility index (Phi) is 19.8. The van der Waals surface area contributed by atoms with E-state index in [-0.39, 0.29) is 21.7 Å². The van der Waals surface area contributed by atoms with Crippen LogP contribution in [-0.4, -0.2) is 13.2 Å². The first-order valence-electron chi connectivity index (χ1n) is 8.47. The fraction of sp³-hybridized carbons (Fsp3) is 1.00. The molecule has 0 saturated heterocycles. The van der Waals surface area contributed by atoms with Gasteiger partial charge in [0.15, 0.2) is 0 Å². The molecule has 0 heterocycles. The normalized spacial score (nSPS) is 15.2. The average molecular weight is 354 g/mol. The van der Waals surface area contributed by atoms with Crippen LogP contribution in [0.1, 0.15) is 79.1 Å². The van der Waals surface area contributed by atoms with Crippen molar-refractivity contribution in [2.45, 2.75) is 79.1 Å². The third kappa shape index (κ3) is 14.2. The molecule has 0 aliphatic heterocycles. The Morgan fingerprint density at radius 2 is 1.19 bits per heavy atom. The van der Waals surface area contributed by atoms with Gasteiger partial charge in [0.25, 0.3) is 0 Å². The zero-order chi connectivity index (χ0) is 15.2. The standard InChI is InChI=1S/C16H35O3P.Ti/c1-5-9-11-15(7-3)13-18-20(17)19-14-16(8-4)12-10-6-2;/h15-16,20H,5-14H2,1-4H3;/q;+4. The number of rotatable bonds is 14. The van der Waals surface area contributed by atoms with Crippen LogP contribution in [0.25, 0.3) is 0 Å². The maximum absolute atomic E-state index is 11.8. The number of hydrogen-bond donors (Lipinski definition) is 0. The van der Waals surface area contributed by atoms with Gasteiger partial charge < -0.3 is 9.05 Å². The summed E-state index contributed by atoms with van der Waals surface area (Å²) in [5, 5.41) is 0. The van der Waals surface area contributed by atoms with E-state index in [1.165, 1.54) is 25.7 Å². The summed E-state index contributed by atoms with van der Waals surface area (Å²) in [7, 11) is -2.30. The van der Waals surface area contributed by atoms with E-state index in [4.69, 9.17) is 9.05 Å². The van der Waals surface area contributed by atoms with E-state index in [1.54, 1.807) is 0 Å². The molecular weight excluding hydrogens is 319 g/mol. The van der Waals surface area contributed by atoms with Crippen molar-refractivity contribution in [3.05, 3.63) is 0 Å². The van der Waals surface area contributed by atoms with Gasteiger partial charge >= 0.3 is 30.0 Å². The fourth-order valence-electron chi connectivity index (χ4n) is 2.21. The molecular formula is C16H35O3PTi+4. The zero-order valence-corrected chi connectivity index (χ0v) is 17.0. The predicted octanol–water partition coefficient (Wildman–Crippen LogP) is 5.84. The van der Waals surface area contributed by atoms with Gasteiger partial charge in [0.2, 0.25) is 0 Å². The summed E-state index contributed by atoms with van der Waals surface area (Å²) in [6, 6.07) is 0. The topological polar surface area (TPSA) is 35.5 Å². The van der Waals surface area contributed by atoms with Crippen LogP contribution in [0.3, 0.4) is 0 Å². The van der Waals surface area contributed by atoms with E-state index >= 15 is 0 Å². The second-order valence-corrected chi connectivity index (χ2v) is 6.78. The molecule has 5 heteroatoms. The minimum Gasteiger partial charge on any atom is -0.310 e. The number of unbranched alkanes of at least 4 members (excludes halogenated alkanes) is 2. The largest absolute Gasteiger partial charge is 4.00 e. The summed E-state index contributed by atoms with van der Waals surface area (Å²) in [4.78, 5) is 0. The van der Waals surface area contributed by atoms with E-state index in [9.17, 15) is 4.57 Å². The van der Waals surface area contributed by atoms with Gasteiger partial charge in [-0.3, -0.25) is 4.57 Å². The quantitative estimate of drug-likeness (QED) is 0.290. The Morgan fingerprint density at radius 1 is 0.810 bits per heavy atom. The summed E-state index contributed by atoms with van der Waals surface area (Å²) in [6.45, 7) is 9.89. The molecule has 0 aromatic carbocycles. The van der Waals surface area contributed by atoms with Gasteiger partial charge in [0.05, 0.1) is 13.2 Å². The Morgan fingerprint density at radius 3 is 1.48 bits per heavy atom. The van der Waals surface area contributed by atoms with E-state index < -0.39 is 8.25 Å². The first-order chi connectivity index (χ1) is 9.67. The van der Waals surface area contributed by atoms with Gasteiger partial charge in [0, 0.05) is 0 Å². The molecule has 0 fully saturated rings. The van der Waals surface area contributed by atoms with Crippen LogP contribution in [0.2, 0.25) is 0 Å². The zero-order valence-electron chi connectivity index (χ0n) is 14.5. The molecule has 0 rings (SSSR count).